The third-order valence-corrected chi connectivity index (χ3v) is 3.44. The molecule has 0 aliphatic carbocycles. The summed E-state index contributed by atoms with van der Waals surface area (Å²) in [6.07, 6.45) is 3.59. The second-order valence-electron chi connectivity index (χ2n) is 4.10. The number of hydrogen-bond donors (Lipinski definition) is 1. The van der Waals surface area contributed by atoms with E-state index in [0.29, 0.717) is 6.54 Å². The molecule has 0 spiro atoms. The van der Waals surface area contributed by atoms with Crippen LogP contribution in [0.2, 0.25) is 0 Å². The highest BCUT2D eigenvalue weighted by molar-refractivity contribution is 7.09. The number of anilines is 1. The largest absolute Gasteiger partial charge is 0.363 e. The zero-order valence-electron chi connectivity index (χ0n) is 10.2. The Balaban J connectivity index is 1.86. The molecular formula is C12H13N5S. The van der Waals surface area contributed by atoms with Crippen LogP contribution in [0.1, 0.15) is 16.4 Å². The molecule has 0 aliphatic rings. The minimum absolute atomic E-state index is 0.682. The van der Waals surface area contributed by atoms with Gasteiger partial charge in [-0.2, -0.15) is 5.10 Å². The summed E-state index contributed by atoms with van der Waals surface area (Å²) in [5, 5.41) is 10.8. The molecule has 0 fully saturated rings. The Morgan fingerprint density at radius 3 is 3.06 bits per heavy atom. The summed E-state index contributed by atoms with van der Waals surface area (Å²) in [5.74, 6) is 0.837. The van der Waals surface area contributed by atoms with Crippen molar-refractivity contribution in [3.63, 3.8) is 0 Å². The maximum absolute atomic E-state index is 4.42. The van der Waals surface area contributed by atoms with Gasteiger partial charge in [-0.25, -0.2) is 14.5 Å². The minimum atomic E-state index is 0.682. The molecule has 0 aromatic carbocycles. The fourth-order valence-corrected chi connectivity index (χ4v) is 2.46. The highest BCUT2D eigenvalue weighted by Gasteiger charge is 2.05. The minimum Gasteiger partial charge on any atom is -0.363 e. The molecule has 3 rings (SSSR count). The number of rotatable bonds is 3. The molecule has 0 atom stereocenters. The standard InChI is InChI=1S/C12H13N5S/c1-8-5-11-12(13-3-4-17(11)16-8)14-6-10-7-18-9(2)15-10/h3-5,7H,6H2,1-2H3,(H,13,14). The van der Waals surface area contributed by atoms with Crippen LogP contribution in [0.4, 0.5) is 5.82 Å². The molecule has 0 aliphatic heterocycles. The van der Waals surface area contributed by atoms with Gasteiger partial charge in [0.05, 0.1) is 22.9 Å². The van der Waals surface area contributed by atoms with Crippen molar-refractivity contribution in [3.8, 4) is 0 Å². The lowest BCUT2D eigenvalue weighted by Crippen LogP contribution is -2.03. The summed E-state index contributed by atoms with van der Waals surface area (Å²) in [6, 6.07) is 2.02. The molecule has 3 aromatic rings. The molecule has 3 aromatic heterocycles. The van der Waals surface area contributed by atoms with E-state index in [1.165, 1.54) is 0 Å². The van der Waals surface area contributed by atoms with E-state index in [0.717, 1.165) is 27.7 Å². The average molecular weight is 259 g/mol. The van der Waals surface area contributed by atoms with Crippen LogP contribution < -0.4 is 5.32 Å². The van der Waals surface area contributed by atoms with E-state index in [4.69, 9.17) is 0 Å². The fourth-order valence-electron chi connectivity index (χ4n) is 1.84. The van der Waals surface area contributed by atoms with Gasteiger partial charge in [-0.3, -0.25) is 0 Å². The van der Waals surface area contributed by atoms with Gasteiger partial charge in [0.2, 0.25) is 0 Å². The van der Waals surface area contributed by atoms with E-state index in [9.17, 15) is 0 Å². The predicted octanol–water partition coefficient (Wildman–Crippen LogP) is 2.41. The van der Waals surface area contributed by atoms with Crippen molar-refractivity contribution in [2.24, 2.45) is 0 Å². The number of fused-ring (bicyclic) bond motifs is 1. The molecule has 18 heavy (non-hydrogen) atoms. The summed E-state index contributed by atoms with van der Waals surface area (Å²) in [7, 11) is 0. The number of thiazole rings is 1. The van der Waals surface area contributed by atoms with Crippen molar-refractivity contribution in [1.82, 2.24) is 19.6 Å². The van der Waals surface area contributed by atoms with E-state index >= 15 is 0 Å². The van der Waals surface area contributed by atoms with E-state index in [1.807, 2.05) is 30.6 Å². The summed E-state index contributed by atoms with van der Waals surface area (Å²) >= 11 is 1.66. The van der Waals surface area contributed by atoms with Gasteiger partial charge in [-0.1, -0.05) is 0 Å². The Kier molecular flexibility index (Phi) is 2.71. The van der Waals surface area contributed by atoms with Crippen molar-refractivity contribution in [3.05, 3.63) is 40.2 Å². The number of nitrogens with one attached hydrogen (secondary N) is 1. The van der Waals surface area contributed by atoms with Crippen molar-refractivity contribution < 1.29 is 0 Å². The molecule has 6 heteroatoms. The van der Waals surface area contributed by atoms with Crippen LogP contribution in [0.25, 0.3) is 5.52 Å². The topological polar surface area (TPSA) is 55.1 Å². The third-order valence-electron chi connectivity index (χ3n) is 2.62. The van der Waals surface area contributed by atoms with Crippen molar-refractivity contribution >= 4 is 22.7 Å². The van der Waals surface area contributed by atoms with Crippen LogP contribution in [0.5, 0.6) is 0 Å². The maximum atomic E-state index is 4.42. The average Bonchev–Trinajstić information content (AvgIpc) is 2.91. The molecule has 0 radical (unpaired) electrons. The molecule has 0 saturated heterocycles. The van der Waals surface area contributed by atoms with Gasteiger partial charge >= 0.3 is 0 Å². The molecular weight excluding hydrogens is 246 g/mol. The molecule has 0 unspecified atom stereocenters. The number of nitrogens with zero attached hydrogens (tertiary/aromatic N) is 4. The first kappa shape index (κ1) is 11.2. The normalized spacial score (nSPS) is 11.0. The summed E-state index contributed by atoms with van der Waals surface area (Å²) in [4.78, 5) is 8.76. The van der Waals surface area contributed by atoms with Crippen LogP contribution in [-0.2, 0) is 6.54 Å². The SMILES string of the molecule is Cc1cc2c(NCc3csc(C)n3)nccn2n1. The Hall–Kier alpha value is -1.95. The van der Waals surface area contributed by atoms with Gasteiger partial charge in [0.1, 0.15) is 5.52 Å². The lowest BCUT2D eigenvalue weighted by atomic mass is 10.4. The van der Waals surface area contributed by atoms with Gasteiger partial charge in [-0.15, -0.1) is 11.3 Å². The molecule has 0 amide bonds. The molecule has 1 N–H and O–H groups in total. The monoisotopic (exact) mass is 259 g/mol. The van der Waals surface area contributed by atoms with Crippen molar-refractivity contribution in [2.75, 3.05) is 5.32 Å². The quantitative estimate of drug-likeness (QED) is 0.784. The Morgan fingerprint density at radius 1 is 1.39 bits per heavy atom. The molecule has 3 heterocycles. The smallest absolute Gasteiger partial charge is 0.152 e. The highest BCUT2D eigenvalue weighted by atomic mass is 32.1. The van der Waals surface area contributed by atoms with E-state index in [1.54, 1.807) is 17.5 Å². The first-order chi connectivity index (χ1) is 8.72. The zero-order valence-corrected chi connectivity index (χ0v) is 11.0. The van der Waals surface area contributed by atoms with Crippen molar-refractivity contribution in [2.45, 2.75) is 20.4 Å². The zero-order chi connectivity index (χ0) is 12.5. The fraction of sp³-hybridized carbons (Fsp3) is 0.250. The highest BCUT2D eigenvalue weighted by Crippen LogP contribution is 2.16. The molecule has 0 bridgehead atoms. The van der Waals surface area contributed by atoms with Crippen molar-refractivity contribution in [1.29, 1.82) is 0 Å². The first-order valence-electron chi connectivity index (χ1n) is 5.68. The second kappa shape index (κ2) is 4.38. The lowest BCUT2D eigenvalue weighted by Gasteiger charge is -2.04. The summed E-state index contributed by atoms with van der Waals surface area (Å²) < 4.78 is 1.83. The van der Waals surface area contributed by atoms with Gasteiger partial charge in [-0.05, 0) is 19.9 Å². The van der Waals surface area contributed by atoms with Crippen LogP contribution >= 0.6 is 11.3 Å². The van der Waals surface area contributed by atoms with E-state index in [2.05, 4.69) is 25.8 Å². The maximum Gasteiger partial charge on any atom is 0.152 e. The van der Waals surface area contributed by atoms with Gasteiger partial charge in [0.25, 0.3) is 0 Å². The molecule has 0 saturated carbocycles. The van der Waals surface area contributed by atoms with Crippen LogP contribution in [0, 0.1) is 13.8 Å². The second-order valence-corrected chi connectivity index (χ2v) is 5.17. The lowest BCUT2D eigenvalue weighted by molar-refractivity contribution is 0.918. The molecule has 92 valence electrons. The van der Waals surface area contributed by atoms with E-state index < -0.39 is 0 Å². The summed E-state index contributed by atoms with van der Waals surface area (Å²) in [5.41, 5.74) is 3.01. The van der Waals surface area contributed by atoms with Gasteiger partial charge in [0.15, 0.2) is 5.82 Å². The Labute approximate surface area is 109 Å². The predicted molar refractivity (Wildman–Crippen MR) is 71.9 cm³/mol. The third kappa shape index (κ3) is 2.06. The summed E-state index contributed by atoms with van der Waals surface area (Å²) in [6.45, 7) is 4.66. The Bertz CT molecular complexity index is 685. The van der Waals surface area contributed by atoms with Crippen LogP contribution in [0.3, 0.4) is 0 Å². The number of aryl methyl sites for hydroxylation is 2. The van der Waals surface area contributed by atoms with E-state index in [-0.39, 0.29) is 0 Å². The number of hydrogen-bond acceptors (Lipinski definition) is 5. The Morgan fingerprint density at radius 2 is 2.28 bits per heavy atom. The van der Waals surface area contributed by atoms with Gasteiger partial charge < -0.3 is 5.32 Å². The number of aromatic nitrogens is 4. The molecule has 5 nitrogen and oxygen atoms in total. The van der Waals surface area contributed by atoms with Gasteiger partial charge in [0, 0.05) is 17.8 Å². The first-order valence-corrected chi connectivity index (χ1v) is 6.56. The van der Waals surface area contributed by atoms with Crippen LogP contribution in [0.15, 0.2) is 23.8 Å². The van der Waals surface area contributed by atoms with Crippen LogP contribution in [-0.4, -0.2) is 19.6 Å².